The van der Waals surface area contributed by atoms with Crippen LogP contribution in [0.5, 0.6) is 0 Å². The topological polar surface area (TPSA) is 17.1 Å². The highest BCUT2D eigenvalue weighted by molar-refractivity contribution is 5.86. The van der Waals surface area contributed by atoms with E-state index in [0.717, 1.165) is 12.8 Å². The van der Waals surface area contributed by atoms with Crippen molar-refractivity contribution in [3.8, 4) is 0 Å². The lowest BCUT2D eigenvalue weighted by Crippen LogP contribution is -2.46. The summed E-state index contributed by atoms with van der Waals surface area (Å²) in [4.78, 5) is 12.3. The van der Waals surface area contributed by atoms with Gasteiger partial charge in [-0.3, -0.25) is 4.79 Å². The second-order valence-corrected chi connectivity index (χ2v) is 5.92. The smallest absolute Gasteiger partial charge is 0.139 e. The molecule has 1 nitrogen and oxygen atoms in total. The van der Waals surface area contributed by atoms with Crippen molar-refractivity contribution in [2.45, 2.75) is 40.0 Å². The predicted molar refractivity (Wildman–Crippen MR) is 67.1 cm³/mol. The van der Waals surface area contributed by atoms with Crippen LogP contribution in [0.1, 0.15) is 40.0 Å². The first-order valence-electron chi connectivity index (χ1n) is 6.30. The van der Waals surface area contributed by atoms with Gasteiger partial charge in [0.05, 0.1) is 0 Å². The van der Waals surface area contributed by atoms with E-state index < -0.39 is 0 Å². The molecule has 0 heterocycles. The Balaban J connectivity index is 2.30. The Bertz CT molecular complexity index is 352. The highest BCUT2D eigenvalue weighted by Gasteiger charge is 2.48. The van der Waals surface area contributed by atoms with Crippen LogP contribution in [0.15, 0.2) is 24.3 Å². The molecule has 1 fully saturated rings. The number of Topliss-reactive ketones (excluding diaryl/α,β-unsaturated/α-hetero) is 1. The molecule has 1 saturated carbocycles. The first-order chi connectivity index (χ1) is 7.45. The lowest BCUT2D eigenvalue weighted by molar-refractivity contribution is -0.137. The van der Waals surface area contributed by atoms with Crippen LogP contribution in [0, 0.1) is 23.2 Å². The molecule has 2 rings (SSSR count). The fraction of sp³-hybridized carbons (Fsp3) is 0.667. The summed E-state index contributed by atoms with van der Waals surface area (Å²) in [5.41, 5.74) is 1.08. The lowest BCUT2D eigenvalue weighted by Gasteiger charge is -2.47. The van der Waals surface area contributed by atoms with Crippen LogP contribution < -0.4 is 0 Å². The molecule has 88 valence electrons. The molecule has 1 heteroatoms. The van der Waals surface area contributed by atoms with Crippen molar-refractivity contribution in [3.05, 3.63) is 24.3 Å². The third-order valence-corrected chi connectivity index (χ3v) is 4.74. The number of hydrogen-bond donors (Lipinski definition) is 0. The van der Waals surface area contributed by atoms with Crippen molar-refractivity contribution >= 4 is 5.78 Å². The summed E-state index contributed by atoms with van der Waals surface area (Å²) in [6.07, 6.45) is 7.26. The molecule has 2 aliphatic carbocycles. The summed E-state index contributed by atoms with van der Waals surface area (Å²) in [7, 11) is 0. The number of ketones is 1. The number of carbonyl (C=O) groups excluding carboxylic acids is 1. The molecule has 0 bridgehead atoms. The van der Waals surface area contributed by atoms with Gasteiger partial charge in [-0.2, -0.15) is 0 Å². The van der Waals surface area contributed by atoms with Crippen LogP contribution >= 0.6 is 0 Å². The van der Waals surface area contributed by atoms with Gasteiger partial charge in [-0.25, -0.2) is 0 Å². The van der Waals surface area contributed by atoms with E-state index in [1.807, 2.05) is 0 Å². The Kier molecular flexibility index (Phi) is 2.81. The van der Waals surface area contributed by atoms with Gasteiger partial charge >= 0.3 is 0 Å². The van der Waals surface area contributed by atoms with E-state index in [1.54, 1.807) is 0 Å². The molecule has 0 aliphatic heterocycles. The van der Waals surface area contributed by atoms with E-state index >= 15 is 0 Å². The minimum Gasteiger partial charge on any atom is -0.299 e. The number of hydrogen-bond acceptors (Lipinski definition) is 1. The average Bonchev–Trinajstić information content (AvgIpc) is 2.20. The van der Waals surface area contributed by atoms with Gasteiger partial charge in [0.1, 0.15) is 5.78 Å². The van der Waals surface area contributed by atoms with Gasteiger partial charge in [0, 0.05) is 11.8 Å². The molecule has 2 aliphatic rings. The van der Waals surface area contributed by atoms with E-state index in [2.05, 4.69) is 39.5 Å². The Hall–Kier alpha value is -0.850. The van der Waals surface area contributed by atoms with Crippen LogP contribution in [-0.2, 0) is 4.79 Å². The summed E-state index contributed by atoms with van der Waals surface area (Å²) in [6, 6.07) is 0. The number of carbonyl (C=O) groups is 1. The molecule has 0 amide bonds. The van der Waals surface area contributed by atoms with E-state index in [1.165, 1.54) is 5.57 Å². The van der Waals surface area contributed by atoms with E-state index in [4.69, 9.17) is 0 Å². The van der Waals surface area contributed by atoms with Crippen molar-refractivity contribution in [3.63, 3.8) is 0 Å². The molecule has 0 spiro atoms. The van der Waals surface area contributed by atoms with Crippen LogP contribution in [0.4, 0.5) is 0 Å². The molecule has 0 aromatic rings. The van der Waals surface area contributed by atoms with Gasteiger partial charge in [-0.1, -0.05) is 38.2 Å². The zero-order valence-electron chi connectivity index (χ0n) is 10.6. The summed E-state index contributed by atoms with van der Waals surface area (Å²) in [5.74, 6) is 1.91. The molecule has 16 heavy (non-hydrogen) atoms. The zero-order valence-corrected chi connectivity index (χ0v) is 10.6. The number of rotatable bonds is 1. The predicted octanol–water partition coefficient (Wildman–Crippen LogP) is 3.76. The maximum absolute atomic E-state index is 12.3. The number of fused-ring (bicyclic) bond motifs is 1. The molecule has 0 radical (unpaired) electrons. The fourth-order valence-electron chi connectivity index (χ4n) is 3.41. The maximum atomic E-state index is 12.3. The van der Waals surface area contributed by atoms with E-state index in [-0.39, 0.29) is 5.41 Å². The Labute approximate surface area is 98.6 Å². The quantitative estimate of drug-likeness (QED) is 0.612. The van der Waals surface area contributed by atoms with Crippen molar-refractivity contribution in [2.24, 2.45) is 23.2 Å². The molecular formula is C15H22O. The van der Waals surface area contributed by atoms with E-state index in [0.29, 0.717) is 30.0 Å². The first kappa shape index (κ1) is 11.6. The molecule has 1 unspecified atom stereocenters. The van der Waals surface area contributed by atoms with Crippen molar-refractivity contribution in [2.75, 3.05) is 0 Å². The average molecular weight is 218 g/mol. The Morgan fingerprint density at radius 1 is 1.56 bits per heavy atom. The van der Waals surface area contributed by atoms with Gasteiger partial charge in [-0.05, 0) is 37.5 Å². The number of allylic oxidation sites excluding steroid dienone is 3. The van der Waals surface area contributed by atoms with Crippen molar-refractivity contribution in [1.29, 1.82) is 0 Å². The largest absolute Gasteiger partial charge is 0.299 e. The Morgan fingerprint density at radius 2 is 2.25 bits per heavy atom. The third-order valence-electron chi connectivity index (χ3n) is 4.74. The second-order valence-electron chi connectivity index (χ2n) is 5.92. The molecule has 0 saturated heterocycles. The summed E-state index contributed by atoms with van der Waals surface area (Å²) in [6.45, 7) is 10.5. The normalized spacial score (nSPS) is 42.9. The van der Waals surface area contributed by atoms with Gasteiger partial charge in [-0.15, -0.1) is 0 Å². The molecular weight excluding hydrogens is 196 g/mol. The molecule has 0 N–H and O–H groups in total. The summed E-state index contributed by atoms with van der Waals surface area (Å²) < 4.78 is 0. The minimum absolute atomic E-state index is 0.0971. The van der Waals surface area contributed by atoms with Crippen LogP contribution in [0.25, 0.3) is 0 Å². The Morgan fingerprint density at radius 3 is 2.88 bits per heavy atom. The highest BCUT2D eigenvalue weighted by Crippen LogP contribution is 2.50. The van der Waals surface area contributed by atoms with Gasteiger partial charge in [0.25, 0.3) is 0 Å². The van der Waals surface area contributed by atoms with E-state index in [9.17, 15) is 4.79 Å². The van der Waals surface area contributed by atoms with Crippen molar-refractivity contribution in [1.82, 2.24) is 0 Å². The maximum Gasteiger partial charge on any atom is 0.139 e. The van der Waals surface area contributed by atoms with Gasteiger partial charge < -0.3 is 0 Å². The summed E-state index contributed by atoms with van der Waals surface area (Å²) >= 11 is 0. The molecule has 4 atom stereocenters. The lowest BCUT2D eigenvalue weighted by atomic mass is 9.56. The zero-order chi connectivity index (χ0) is 11.9. The standard InChI is InChI=1S/C15H22O/c1-10(2)12-8-13-11(3)6-5-7-15(13,4)14(16)9-12/h5-6,11-13H,1,7-9H2,2-4H3/t11?,12-,13+,15-/m0/s1. The van der Waals surface area contributed by atoms with Crippen molar-refractivity contribution < 1.29 is 4.79 Å². The monoisotopic (exact) mass is 218 g/mol. The summed E-state index contributed by atoms with van der Waals surface area (Å²) in [5, 5.41) is 0. The van der Waals surface area contributed by atoms with Gasteiger partial charge in [0.2, 0.25) is 0 Å². The van der Waals surface area contributed by atoms with Crippen LogP contribution in [0.3, 0.4) is 0 Å². The SMILES string of the molecule is C=C(C)[C@@H]1CC(=O)[C@@]2(C)CC=CC(C)[C@H]2C1. The first-order valence-corrected chi connectivity index (χ1v) is 6.30. The molecule has 0 aromatic heterocycles. The van der Waals surface area contributed by atoms with Gasteiger partial charge in [0.15, 0.2) is 0 Å². The minimum atomic E-state index is -0.0971. The molecule has 0 aromatic carbocycles. The highest BCUT2D eigenvalue weighted by atomic mass is 16.1. The third kappa shape index (κ3) is 1.66. The second kappa shape index (κ2) is 3.87. The van der Waals surface area contributed by atoms with Crippen LogP contribution in [-0.4, -0.2) is 5.78 Å². The van der Waals surface area contributed by atoms with Crippen LogP contribution in [0.2, 0.25) is 0 Å². The fourth-order valence-corrected chi connectivity index (χ4v) is 3.41.